The summed E-state index contributed by atoms with van der Waals surface area (Å²) in [5.41, 5.74) is 3.96. The molecule has 0 spiro atoms. The molecule has 2 aromatic heterocycles. The molecule has 5 nitrogen and oxygen atoms in total. The average molecular weight is 407 g/mol. The van der Waals surface area contributed by atoms with Crippen molar-refractivity contribution >= 4 is 16.8 Å². The predicted octanol–water partition coefficient (Wildman–Crippen LogP) is 5.27. The van der Waals surface area contributed by atoms with Gasteiger partial charge in [0.1, 0.15) is 5.69 Å². The van der Waals surface area contributed by atoms with Gasteiger partial charge in [0.05, 0.1) is 12.1 Å². The Bertz CT molecular complexity index is 1320. The lowest BCUT2D eigenvalue weighted by molar-refractivity contribution is 0.0924. The fourth-order valence-electron chi connectivity index (χ4n) is 3.64. The summed E-state index contributed by atoms with van der Waals surface area (Å²) in [6.45, 7) is 1.11. The zero-order chi connectivity index (χ0) is 21.0. The first kappa shape index (κ1) is 18.9. The number of aromatic nitrogens is 2. The van der Waals surface area contributed by atoms with Crippen LogP contribution in [0.1, 0.15) is 21.7 Å². The lowest BCUT2D eigenvalue weighted by Gasteiger charge is -2.03. The molecule has 2 heterocycles. The van der Waals surface area contributed by atoms with Crippen molar-refractivity contribution in [2.75, 3.05) is 0 Å². The van der Waals surface area contributed by atoms with Gasteiger partial charge >= 0.3 is 0 Å². The average Bonchev–Trinajstić information content (AvgIpc) is 3.45. The normalized spacial score (nSPS) is 11.0. The van der Waals surface area contributed by atoms with Gasteiger partial charge in [0.2, 0.25) is 0 Å². The Morgan fingerprint density at radius 1 is 0.806 bits per heavy atom. The number of benzene rings is 3. The van der Waals surface area contributed by atoms with E-state index in [2.05, 4.69) is 17.4 Å². The van der Waals surface area contributed by atoms with E-state index in [1.165, 1.54) is 5.56 Å². The third-order valence-electron chi connectivity index (χ3n) is 5.19. The smallest absolute Gasteiger partial charge is 0.287 e. The minimum Gasteiger partial charge on any atom is -0.449 e. The molecule has 0 saturated heterocycles. The quantitative estimate of drug-likeness (QED) is 0.417. The van der Waals surface area contributed by atoms with Crippen LogP contribution >= 0.6 is 0 Å². The summed E-state index contributed by atoms with van der Waals surface area (Å²) in [6, 6.07) is 31.6. The van der Waals surface area contributed by atoms with E-state index in [9.17, 15) is 4.79 Å². The highest BCUT2D eigenvalue weighted by molar-refractivity contribution is 5.94. The number of nitrogens with one attached hydrogen (secondary N) is 1. The van der Waals surface area contributed by atoms with E-state index in [0.29, 0.717) is 18.8 Å². The van der Waals surface area contributed by atoms with Crippen molar-refractivity contribution in [1.29, 1.82) is 0 Å². The van der Waals surface area contributed by atoms with Gasteiger partial charge in [-0.2, -0.15) is 5.10 Å². The lowest BCUT2D eigenvalue weighted by Crippen LogP contribution is -2.22. The molecule has 152 valence electrons. The van der Waals surface area contributed by atoms with Crippen LogP contribution in [0.3, 0.4) is 0 Å². The van der Waals surface area contributed by atoms with Crippen LogP contribution in [0.2, 0.25) is 0 Å². The maximum absolute atomic E-state index is 12.5. The van der Waals surface area contributed by atoms with Gasteiger partial charge in [0.25, 0.3) is 5.91 Å². The standard InChI is InChI=1S/C26H21N3O2/c30-26(27-17-19-9-3-1-4-10-19)24-16-15-23(31-24)25-21-13-7-8-14-22(21)29(28-25)18-20-11-5-2-6-12-20/h1-16H,17-18H2,(H,27,30). The number of hydrogen-bond acceptors (Lipinski definition) is 3. The van der Waals surface area contributed by atoms with E-state index in [4.69, 9.17) is 9.52 Å². The van der Waals surface area contributed by atoms with Gasteiger partial charge in [0, 0.05) is 11.9 Å². The summed E-state index contributed by atoms with van der Waals surface area (Å²) in [6.07, 6.45) is 0. The second-order valence-corrected chi connectivity index (χ2v) is 7.34. The van der Waals surface area contributed by atoms with Gasteiger partial charge in [0.15, 0.2) is 11.5 Å². The first-order valence-corrected chi connectivity index (χ1v) is 10.2. The molecule has 0 unspecified atom stereocenters. The zero-order valence-corrected chi connectivity index (χ0v) is 16.9. The summed E-state index contributed by atoms with van der Waals surface area (Å²) in [5, 5.41) is 8.70. The van der Waals surface area contributed by atoms with Gasteiger partial charge in [-0.1, -0.05) is 78.9 Å². The number of carbonyl (C=O) groups excluding carboxylic acids is 1. The second-order valence-electron chi connectivity index (χ2n) is 7.34. The number of nitrogens with zero attached hydrogens (tertiary/aromatic N) is 2. The molecular formula is C26H21N3O2. The van der Waals surface area contributed by atoms with E-state index in [-0.39, 0.29) is 11.7 Å². The number of carbonyl (C=O) groups is 1. The topological polar surface area (TPSA) is 60.1 Å². The van der Waals surface area contributed by atoms with Gasteiger partial charge in [-0.3, -0.25) is 9.48 Å². The molecule has 0 aliphatic carbocycles. The third kappa shape index (κ3) is 3.98. The number of rotatable bonds is 6. The molecule has 0 radical (unpaired) electrons. The molecule has 31 heavy (non-hydrogen) atoms. The fourth-order valence-corrected chi connectivity index (χ4v) is 3.64. The zero-order valence-electron chi connectivity index (χ0n) is 16.9. The summed E-state index contributed by atoms with van der Waals surface area (Å²) in [7, 11) is 0. The molecule has 3 aromatic carbocycles. The molecular weight excluding hydrogens is 386 g/mol. The minimum absolute atomic E-state index is 0.247. The molecule has 0 aliphatic heterocycles. The Labute approximate surface area is 179 Å². The van der Waals surface area contributed by atoms with Crippen molar-refractivity contribution in [2.24, 2.45) is 0 Å². The van der Waals surface area contributed by atoms with Gasteiger partial charge < -0.3 is 9.73 Å². The number of para-hydroxylation sites is 1. The lowest BCUT2D eigenvalue weighted by atomic mass is 10.2. The van der Waals surface area contributed by atoms with Gasteiger partial charge in [-0.15, -0.1) is 0 Å². The first-order chi connectivity index (χ1) is 15.3. The summed E-state index contributed by atoms with van der Waals surface area (Å²) < 4.78 is 7.87. The van der Waals surface area contributed by atoms with Crippen LogP contribution in [-0.4, -0.2) is 15.7 Å². The van der Waals surface area contributed by atoms with E-state index in [0.717, 1.165) is 22.2 Å². The molecule has 5 aromatic rings. The van der Waals surface area contributed by atoms with Crippen LogP contribution in [-0.2, 0) is 13.1 Å². The number of amides is 1. The molecule has 1 amide bonds. The predicted molar refractivity (Wildman–Crippen MR) is 121 cm³/mol. The van der Waals surface area contributed by atoms with Crippen LogP contribution in [0.25, 0.3) is 22.4 Å². The highest BCUT2D eigenvalue weighted by atomic mass is 16.4. The van der Waals surface area contributed by atoms with Crippen molar-refractivity contribution in [3.05, 3.63) is 114 Å². The van der Waals surface area contributed by atoms with Crippen molar-refractivity contribution in [2.45, 2.75) is 13.1 Å². The minimum atomic E-state index is -0.247. The Hall–Kier alpha value is -4.12. The Morgan fingerprint density at radius 3 is 2.26 bits per heavy atom. The molecule has 0 atom stereocenters. The van der Waals surface area contributed by atoms with Crippen molar-refractivity contribution < 1.29 is 9.21 Å². The number of hydrogen-bond donors (Lipinski definition) is 1. The van der Waals surface area contributed by atoms with Gasteiger partial charge in [-0.25, -0.2) is 0 Å². The SMILES string of the molecule is O=C(NCc1ccccc1)c1ccc(-c2nn(Cc3ccccc3)c3ccccc23)o1. The molecule has 5 heteroatoms. The maximum Gasteiger partial charge on any atom is 0.287 e. The molecule has 1 N–H and O–H groups in total. The summed E-state index contributed by atoms with van der Waals surface area (Å²) in [5.74, 6) is 0.601. The van der Waals surface area contributed by atoms with Gasteiger partial charge in [-0.05, 0) is 29.3 Å². The maximum atomic E-state index is 12.5. The van der Waals surface area contributed by atoms with Crippen LogP contribution in [0.5, 0.6) is 0 Å². The van der Waals surface area contributed by atoms with E-state index < -0.39 is 0 Å². The van der Waals surface area contributed by atoms with E-state index >= 15 is 0 Å². The Balaban J connectivity index is 1.41. The number of furan rings is 1. The van der Waals surface area contributed by atoms with Crippen molar-refractivity contribution in [1.82, 2.24) is 15.1 Å². The molecule has 5 rings (SSSR count). The Morgan fingerprint density at radius 2 is 1.48 bits per heavy atom. The number of fused-ring (bicyclic) bond motifs is 1. The highest BCUT2D eigenvalue weighted by Gasteiger charge is 2.18. The van der Waals surface area contributed by atoms with Crippen LogP contribution in [0.4, 0.5) is 0 Å². The highest BCUT2D eigenvalue weighted by Crippen LogP contribution is 2.29. The summed E-state index contributed by atoms with van der Waals surface area (Å²) in [4.78, 5) is 12.5. The van der Waals surface area contributed by atoms with Crippen LogP contribution in [0, 0.1) is 0 Å². The van der Waals surface area contributed by atoms with E-state index in [1.54, 1.807) is 12.1 Å². The van der Waals surface area contributed by atoms with Crippen LogP contribution in [0.15, 0.2) is 101 Å². The molecule has 0 saturated carbocycles. The fraction of sp³-hybridized carbons (Fsp3) is 0.0769. The van der Waals surface area contributed by atoms with Crippen molar-refractivity contribution in [3.63, 3.8) is 0 Å². The largest absolute Gasteiger partial charge is 0.449 e. The monoisotopic (exact) mass is 407 g/mol. The Kier molecular flexibility index (Phi) is 5.07. The third-order valence-corrected chi connectivity index (χ3v) is 5.19. The van der Waals surface area contributed by atoms with E-state index in [1.807, 2.05) is 77.5 Å². The summed E-state index contributed by atoms with van der Waals surface area (Å²) >= 11 is 0. The molecule has 0 bridgehead atoms. The molecule has 0 fully saturated rings. The van der Waals surface area contributed by atoms with Crippen LogP contribution < -0.4 is 5.32 Å². The second kappa shape index (κ2) is 8.32. The first-order valence-electron chi connectivity index (χ1n) is 10.2. The molecule has 0 aliphatic rings. The van der Waals surface area contributed by atoms with Crippen molar-refractivity contribution in [3.8, 4) is 11.5 Å².